The van der Waals surface area contributed by atoms with Gasteiger partial charge in [0.2, 0.25) is 0 Å². The second kappa shape index (κ2) is 5.96. The summed E-state index contributed by atoms with van der Waals surface area (Å²) in [5, 5.41) is 0. The molecule has 6 aliphatic rings. The number of hydrogen-bond acceptors (Lipinski definition) is 6. The molecule has 0 aromatic heterocycles. The predicted molar refractivity (Wildman–Crippen MR) is 106 cm³/mol. The van der Waals surface area contributed by atoms with Crippen LogP contribution in [0.2, 0.25) is 0 Å². The molecule has 4 saturated carbocycles. The van der Waals surface area contributed by atoms with E-state index in [2.05, 4.69) is 13.8 Å². The smallest absolute Gasteiger partial charge is 0.330 e. The van der Waals surface area contributed by atoms with E-state index in [9.17, 15) is 9.59 Å². The summed E-state index contributed by atoms with van der Waals surface area (Å²) in [6.07, 6.45) is 7.73. The third-order valence-corrected chi connectivity index (χ3v) is 9.93. The first-order valence-corrected chi connectivity index (χ1v) is 11.5. The van der Waals surface area contributed by atoms with E-state index in [4.69, 9.17) is 18.9 Å². The number of fused-ring (bicyclic) bond motifs is 4. The highest BCUT2D eigenvalue weighted by Crippen LogP contribution is 2.74. The Balaban J connectivity index is 1.35. The van der Waals surface area contributed by atoms with E-state index in [0.717, 1.165) is 44.1 Å². The number of esters is 1. The molecule has 0 amide bonds. The molecule has 0 unspecified atom stereocenters. The molecule has 6 heteroatoms. The third-order valence-electron chi connectivity index (χ3n) is 9.93. The summed E-state index contributed by atoms with van der Waals surface area (Å²) >= 11 is 0. The quantitative estimate of drug-likeness (QED) is 0.371. The summed E-state index contributed by atoms with van der Waals surface area (Å²) < 4.78 is 23.4. The predicted octanol–water partition coefficient (Wildman–Crippen LogP) is 3.18. The number of rotatable bonds is 1. The molecular formula is C24H32O6. The first kappa shape index (κ1) is 19.4. The molecule has 6 rings (SSSR count). The Bertz CT molecular complexity index is 843. The van der Waals surface area contributed by atoms with Crippen LogP contribution in [-0.4, -0.2) is 49.6 Å². The summed E-state index contributed by atoms with van der Waals surface area (Å²) in [5.41, 5.74) is 0.434. The van der Waals surface area contributed by atoms with E-state index in [1.54, 1.807) is 6.08 Å². The van der Waals surface area contributed by atoms with Gasteiger partial charge in [0.05, 0.1) is 26.4 Å². The molecule has 0 bridgehead atoms. The first-order chi connectivity index (χ1) is 14.3. The highest BCUT2D eigenvalue weighted by Gasteiger charge is 2.79. The van der Waals surface area contributed by atoms with Gasteiger partial charge in [-0.3, -0.25) is 4.79 Å². The fourth-order valence-corrected chi connectivity index (χ4v) is 8.47. The van der Waals surface area contributed by atoms with Crippen molar-refractivity contribution >= 4 is 11.8 Å². The summed E-state index contributed by atoms with van der Waals surface area (Å²) in [6.45, 7) is 5.80. The molecule has 7 atom stereocenters. The summed E-state index contributed by atoms with van der Waals surface area (Å²) in [7, 11) is 1.41. The Hall–Kier alpha value is -1.24. The topological polar surface area (TPSA) is 74.4 Å². The van der Waals surface area contributed by atoms with Crippen molar-refractivity contribution in [1.29, 1.82) is 0 Å². The van der Waals surface area contributed by atoms with Gasteiger partial charge in [-0.1, -0.05) is 19.4 Å². The Labute approximate surface area is 177 Å². The van der Waals surface area contributed by atoms with E-state index < -0.39 is 5.79 Å². The zero-order valence-electron chi connectivity index (χ0n) is 18.2. The van der Waals surface area contributed by atoms with Crippen LogP contribution >= 0.6 is 0 Å². The van der Waals surface area contributed by atoms with Crippen LogP contribution in [-0.2, 0) is 28.5 Å². The van der Waals surface area contributed by atoms with E-state index in [-0.39, 0.29) is 34.4 Å². The molecule has 2 spiro atoms. The van der Waals surface area contributed by atoms with Gasteiger partial charge in [0.1, 0.15) is 11.4 Å². The number of carbonyl (C=O) groups is 2. The maximum atomic E-state index is 13.7. The number of Topliss-reactive ketones (excluding diaryl/α,β-unsaturated/α-hetero) is 1. The number of epoxide rings is 1. The summed E-state index contributed by atoms with van der Waals surface area (Å²) in [4.78, 5) is 25.7. The minimum atomic E-state index is -0.503. The van der Waals surface area contributed by atoms with Gasteiger partial charge in [-0.2, -0.15) is 0 Å². The van der Waals surface area contributed by atoms with Crippen LogP contribution in [0.25, 0.3) is 0 Å². The SMILES string of the molecule is COC(=O)/C=C1/CC[C@H]2[C@@H]3C[C@@H]4O[C@@]45CC4(CC[C@]5(C)[C@H]3C(=O)C[C@]12C)OCCO4. The van der Waals surface area contributed by atoms with E-state index in [0.29, 0.717) is 37.3 Å². The Morgan fingerprint density at radius 3 is 2.70 bits per heavy atom. The van der Waals surface area contributed by atoms with Crippen molar-refractivity contribution in [1.82, 2.24) is 0 Å². The van der Waals surface area contributed by atoms with Crippen LogP contribution in [0.1, 0.15) is 58.8 Å². The van der Waals surface area contributed by atoms with Gasteiger partial charge in [0.15, 0.2) is 5.79 Å². The molecular weight excluding hydrogens is 384 g/mol. The molecule has 4 aliphatic carbocycles. The second-order valence-corrected chi connectivity index (χ2v) is 11.0. The Morgan fingerprint density at radius 1 is 1.20 bits per heavy atom. The van der Waals surface area contributed by atoms with E-state index >= 15 is 0 Å². The molecule has 2 aliphatic heterocycles. The van der Waals surface area contributed by atoms with E-state index in [1.165, 1.54) is 7.11 Å². The monoisotopic (exact) mass is 416 g/mol. The van der Waals surface area contributed by atoms with Crippen molar-refractivity contribution in [2.45, 2.75) is 76.3 Å². The van der Waals surface area contributed by atoms with Crippen LogP contribution in [0.4, 0.5) is 0 Å². The van der Waals surface area contributed by atoms with Crippen LogP contribution in [0.5, 0.6) is 0 Å². The number of allylic oxidation sites excluding steroid dienone is 1. The van der Waals surface area contributed by atoms with Crippen molar-refractivity contribution in [3.8, 4) is 0 Å². The van der Waals surface area contributed by atoms with Crippen LogP contribution in [0, 0.1) is 28.6 Å². The van der Waals surface area contributed by atoms with Crippen molar-refractivity contribution in [3.63, 3.8) is 0 Å². The lowest BCUT2D eigenvalue weighted by Gasteiger charge is -2.58. The van der Waals surface area contributed by atoms with Crippen molar-refractivity contribution in [2.75, 3.05) is 20.3 Å². The highest BCUT2D eigenvalue weighted by atomic mass is 16.7. The van der Waals surface area contributed by atoms with E-state index in [1.807, 2.05) is 0 Å². The molecule has 6 nitrogen and oxygen atoms in total. The van der Waals surface area contributed by atoms with Crippen LogP contribution in [0.15, 0.2) is 11.6 Å². The molecule has 2 heterocycles. The van der Waals surface area contributed by atoms with Crippen LogP contribution in [0.3, 0.4) is 0 Å². The number of ketones is 1. The lowest BCUT2D eigenvalue weighted by molar-refractivity contribution is -0.224. The molecule has 0 aromatic rings. The lowest BCUT2D eigenvalue weighted by atomic mass is 9.44. The number of ether oxygens (including phenoxy) is 4. The maximum absolute atomic E-state index is 13.7. The zero-order valence-corrected chi connectivity index (χ0v) is 18.2. The largest absolute Gasteiger partial charge is 0.466 e. The average Bonchev–Trinajstić information content (AvgIpc) is 3.04. The average molecular weight is 417 g/mol. The number of methoxy groups -OCH3 is 1. The molecule has 2 saturated heterocycles. The second-order valence-electron chi connectivity index (χ2n) is 11.0. The van der Waals surface area contributed by atoms with Gasteiger partial charge in [-0.05, 0) is 42.9 Å². The zero-order chi connectivity index (χ0) is 20.9. The molecule has 30 heavy (non-hydrogen) atoms. The minimum absolute atomic E-state index is 0.0329. The molecule has 164 valence electrons. The normalized spacial score (nSPS) is 51.8. The van der Waals surface area contributed by atoms with Gasteiger partial charge >= 0.3 is 5.97 Å². The number of hydrogen-bond donors (Lipinski definition) is 0. The molecule has 0 aromatic carbocycles. The Morgan fingerprint density at radius 2 is 1.97 bits per heavy atom. The summed E-state index contributed by atoms with van der Waals surface area (Å²) in [5.74, 6) is 0.324. The minimum Gasteiger partial charge on any atom is -0.466 e. The first-order valence-electron chi connectivity index (χ1n) is 11.5. The van der Waals surface area contributed by atoms with Crippen molar-refractivity contribution < 1.29 is 28.5 Å². The molecule has 0 radical (unpaired) electrons. The molecule has 0 N–H and O–H groups in total. The fourth-order valence-electron chi connectivity index (χ4n) is 8.47. The standard InChI is InChI=1S/C24H32O6/c1-21-12-17(25)20-15(16(21)5-4-14(21)10-19(26)27-3)11-18-24(30-18)13-23(28-8-9-29-23)7-6-22(20,24)2/h10,15-16,18,20H,4-9,11-13H2,1-3H3/b14-10-/t15-,16-,18-,20+,21+,22+,24-/m0/s1. The van der Waals surface area contributed by atoms with Gasteiger partial charge in [0, 0.05) is 36.7 Å². The maximum Gasteiger partial charge on any atom is 0.330 e. The van der Waals surface area contributed by atoms with Crippen LogP contribution < -0.4 is 0 Å². The molecule has 6 fully saturated rings. The number of carbonyl (C=O) groups excluding carboxylic acids is 2. The van der Waals surface area contributed by atoms with Gasteiger partial charge in [-0.15, -0.1) is 0 Å². The lowest BCUT2D eigenvalue weighted by Crippen LogP contribution is -2.63. The van der Waals surface area contributed by atoms with Gasteiger partial charge < -0.3 is 18.9 Å². The fraction of sp³-hybridized carbons (Fsp3) is 0.833. The highest BCUT2D eigenvalue weighted by molar-refractivity contribution is 5.87. The van der Waals surface area contributed by atoms with Gasteiger partial charge in [-0.25, -0.2) is 4.79 Å². The van der Waals surface area contributed by atoms with Crippen molar-refractivity contribution in [3.05, 3.63) is 11.6 Å². The Kier molecular flexibility index (Phi) is 3.86. The van der Waals surface area contributed by atoms with Crippen molar-refractivity contribution in [2.24, 2.45) is 28.6 Å². The third kappa shape index (κ3) is 2.25. The summed E-state index contributed by atoms with van der Waals surface area (Å²) in [6, 6.07) is 0. The van der Waals surface area contributed by atoms with Gasteiger partial charge in [0.25, 0.3) is 0 Å².